The van der Waals surface area contributed by atoms with Gasteiger partial charge in [0.15, 0.2) is 0 Å². The van der Waals surface area contributed by atoms with Crippen LogP contribution in [0.1, 0.15) is 60.3 Å². The molecule has 4 unspecified atom stereocenters. The summed E-state index contributed by atoms with van der Waals surface area (Å²) in [7, 11) is 0. The first-order valence-corrected chi connectivity index (χ1v) is 8.61. The number of nitrogens with zero attached hydrogens (tertiary/aromatic N) is 1. The van der Waals surface area contributed by atoms with Crippen molar-refractivity contribution < 1.29 is 4.74 Å². The van der Waals surface area contributed by atoms with E-state index in [2.05, 4.69) is 44.8 Å². The van der Waals surface area contributed by atoms with Gasteiger partial charge in [-0.2, -0.15) is 0 Å². The van der Waals surface area contributed by atoms with Gasteiger partial charge in [-0.15, -0.1) is 0 Å². The molecule has 0 radical (unpaired) electrons. The van der Waals surface area contributed by atoms with Crippen molar-refractivity contribution >= 4 is 0 Å². The number of nitrogens with one attached hydrogen (secondary N) is 1. The number of ether oxygens (including phenoxy) is 1. The van der Waals surface area contributed by atoms with Crippen LogP contribution in [0.4, 0.5) is 0 Å². The van der Waals surface area contributed by atoms with Gasteiger partial charge >= 0.3 is 0 Å². The molecule has 1 saturated heterocycles. The Bertz CT molecular complexity index is 305. The van der Waals surface area contributed by atoms with Crippen molar-refractivity contribution in [2.45, 2.75) is 84.5 Å². The highest BCUT2D eigenvalue weighted by molar-refractivity contribution is 5.05. The smallest absolute Gasteiger partial charge is 0.0655 e. The summed E-state index contributed by atoms with van der Waals surface area (Å²) in [5.41, 5.74) is 0.313. The standard InChI is InChI=1S/C17H34N2O/c1-6-9-18-14-8-10-19(13(3)11-14)15-12-16(20-7-2)17(15,4)5/h13-16,18H,6-12H2,1-5H3. The van der Waals surface area contributed by atoms with Crippen molar-refractivity contribution in [1.82, 2.24) is 10.2 Å². The molecule has 4 atom stereocenters. The molecule has 20 heavy (non-hydrogen) atoms. The molecule has 0 amide bonds. The van der Waals surface area contributed by atoms with E-state index in [0.29, 0.717) is 23.6 Å². The fourth-order valence-corrected chi connectivity index (χ4v) is 4.10. The van der Waals surface area contributed by atoms with E-state index in [1.54, 1.807) is 0 Å². The van der Waals surface area contributed by atoms with Crippen LogP contribution in [0.25, 0.3) is 0 Å². The molecule has 1 aliphatic heterocycles. The van der Waals surface area contributed by atoms with E-state index in [-0.39, 0.29) is 0 Å². The molecular formula is C17H34N2O. The van der Waals surface area contributed by atoms with Crippen molar-refractivity contribution in [3.63, 3.8) is 0 Å². The van der Waals surface area contributed by atoms with Gasteiger partial charge in [-0.1, -0.05) is 20.8 Å². The molecule has 0 bridgehead atoms. The van der Waals surface area contributed by atoms with Gasteiger partial charge in [0.2, 0.25) is 0 Å². The Morgan fingerprint density at radius 2 is 2.00 bits per heavy atom. The zero-order valence-corrected chi connectivity index (χ0v) is 14.1. The van der Waals surface area contributed by atoms with Crippen LogP contribution in [0.2, 0.25) is 0 Å². The second-order valence-corrected chi connectivity index (χ2v) is 7.28. The number of piperidine rings is 1. The topological polar surface area (TPSA) is 24.5 Å². The van der Waals surface area contributed by atoms with Crippen LogP contribution in [-0.2, 0) is 4.74 Å². The normalized spacial score (nSPS) is 37.6. The van der Waals surface area contributed by atoms with Crippen molar-refractivity contribution in [3.8, 4) is 0 Å². The highest BCUT2D eigenvalue weighted by Gasteiger charge is 2.52. The molecule has 2 fully saturated rings. The largest absolute Gasteiger partial charge is 0.378 e. The second kappa shape index (κ2) is 6.76. The van der Waals surface area contributed by atoms with Crippen LogP contribution in [0.15, 0.2) is 0 Å². The number of likely N-dealkylation sites (tertiary alicyclic amines) is 1. The van der Waals surface area contributed by atoms with E-state index in [1.165, 1.54) is 38.8 Å². The van der Waals surface area contributed by atoms with Gasteiger partial charge in [0.05, 0.1) is 6.10 Å². The van der Waals surface area contributed by atoms with Crippen molar-refractivity contribution in [3.05, 3.63) is 0 Å². The molecule has 0 aromatic heterocycles. The van der Waals surface area contributed by atoms with Crippen molar-refractivity contribution in [2.24, 2.45) is 5.41 Å². The minimum absolute atomic E-state index is 0.313. The molecule has 0 spiro atoms. The summed E-state index contributed by atoms with van der Waals surface area (Å²) in [6, 6.07) is 2.14. The van der Waals surface area contributed by atoms with Crippen LogP contribution in [0, 0.1) is 5.41 Å². The Hall–Kier alpha value is -0.120. The Morgan fingerprint density at radius 1 is 1.25 bits per heavy atom. The van der Waals surface area contributed by atoms with Gasteiger partial charge in [-0.25, -0.2) is 0 Å². The maximum absolute atomic E-state index is 5.88. The first kappa shape index (κ1) is 16.3. The van der Waals surface area contributed by atoms with Crippen LogP contribution in [-0.4, -0.2) is 48.8 Å². The molecule has 3 heteroatoms. The lowest BCUT2D eigenvalue weighted by atomic mass is 9.63. The Kier molecular flexibility index (Phi) is 5.49. The van der Waals surface area contributed by atoms with E-state index in [0.717, 1.165) is 12.6 Å². The van der Waals surface area contributed by atoms with Gasteiger partial charge < -0.3 is 10.1 Å². The molecule has 0 aromatic rings. The lowest BCUT2D eigenvalue weighted by Gasteiger charge is -2.58. The predicted molar refractivity (Wildman–Crippen MR) is 85.1 cm³/mol. The molecule has 2 aliphatic rings. The molecule has 1 N–H and O–H groups in total. The average Bonchev–Trinajstić information content (AvgIpc) is 2.42. The Balaban J connectivity index is 1.86. The summed E-state index contributed by atoms with van der Waals surface area (Å²) in [6.45, 7) is 14.8. The van der Waals surface area contributed by atoms with E-state index >= 15 is 0 Å². The maximum Gasteiger partial charge on any atom is 0.0655 e. The minimum atomic E-state index is 0.313. The molecule has 0 aromatic carbocycles. The molecule has 1 heterocycles. The first-order valence-electron chi connectivity index (χ1n) is 8.61. The molecular weight excluding hydrogens is 248 g/mol. The minimum Gasteiger partial charge on any atom is -0.378 e. The summed E-state index contributed by atoms with van der Waals surface area (Å²) in [6.07, 6.45) is 5.52. The van der Waals surface area contributed by atoms with Gasteiger partial charge in [0, 0.05) is 36.7 Å². The van der Waals surface area contributed by atoms with Gasteiger partial charge in [0.25, 0.3) is 0 Å². The van der Waals surface area contributed by atoms with Gasteiger partial charge in [-0.3, -0.25) is 4.90 Å². The molecule has 2 rings (SSSR count). The summed E-state index contributed by atoms with van der Waals surface area (Å²) in [4.78, 5) is 2.75. The van der Waals surface area contributed by atoms with E-state index < -0.39 is 0 Å². The lowest BCUT2D eigenvalue weighted by molar-refractivity contribution is -0.161. The van der Waals surface area contributed by atoms with Crippen LogP contribution >= 0.6 is 0 Å². The van der Waals surface area contributed by atoms with E-state index in [4.69, 9.17) is 4.74 Å². The SMILES string of the molecule is CCCNC1CCN(C2CC(OCC)C2(C)C)C(C)C1. The molecule has 118 valence electrons. The zero-order chi connectivity index (χ0) is 14.8. The summed E-state index contributed by atoms with van der Waals surface area (Å²) in [5.74, 6) is 0. The third kappa shape index (κ3) is 3.20. The lowest BCUT2D eigenvalue weighted by Crippen LogP contribution is -2.65. The third-order valence-corrected chi connectivity index (χ3v) is 5.50. The van der Waals surface area contributed by atoms with E-state index in [1.807, 2.05) is 0 Å². The highest BCUT2D eigenvalue weighted by atomic mass is 16.5. The van der Waals surface area contributed by atoms with Crippen molar-refractivity contribution in [2.75, 3.05) is 19.7 Å². The number of rotatable bonds is 6. The van der Waals surface area contributed by atoms with E-state index in [9.17, 15) is 0 Å². The van der Waals surface area contributed by atoms with Crippen molar-refractivity contribution in [1.29, 1.82) is 0 Å². The fraction of sp³-hybridized carbons (Fsp3) is 1.00. The zero-order valence-electron chi connectivity index (χ0n) is 14.1. The summed E-state index contributed by atoms with van der Waals surface area (Å²) < 4.78 is 5.88. The average molecular weight is 282 g/mol. The summed E-state index contributed by atoms with van der Waals surface area (Å²) >= 11 is 0. The molecule has 3 nitrogen and oxygen atoms in total. The van der Waals surface area contributed by atoms with Crippen LogP contribution in [0.5, 0.6) is 0 Å². The second-order valence-electron chi connectivity index (χ2n) is 7.28. The first-order chi connectivity index (χ1) is 9.50. The Morgan fingerprint density at radius 3 is 2.55 bits per heavy atom. The quantitative estimate of drug-likeness (QED) is 0.810. The van der Waals surface area contributed by atoms with Gasteiger partial charge in [-0.05, 0) is 46.1 Å². The van der Waals surface area contributed by atoms with Crippen LogP contribution < -0.4 is 5.32 Å². The monoisotopic (exact) mass is 282 g/mol. The highest BCUT2D eigenvalue weighted by Crippen LogP contribution is 2.47. The number of hydrogen-bond donors (Lipinski definition) is 1. The van der Waals surface area contributed by atoms with Crippen LogP contribution in [0.3, 0.4) is 0 Å². The predicted octanol–water partition coefficient (Wildman–Crippen LogP) is 3.04. The molecule has 1 aliphatic carbocycles. The molecule has 1 saturated carbocycles. The fourth-order valence-electron chi connectivity index (χ4n) is 4.10. The number of hydrogen-bond acceptors (Lipinski definition) is 3. The third-order valence-electron chi connectivity index (χ3n) is 5.50. The maximum atomic E-state index is 5.88. The summed E-state index contributed by atoms with van der Waals surface area (Å²) in [5, 5.41) is 3.70. The van der Waals surface area contributed by atoms with Gasteiger partial charge in [0.1, 0.15) is 0 Å². The Labute approximate surface area is 125 Å².